The molecule has 1 rings (SSSR count). The number of aliphatic hydroxyl groups is 1. The molecule has 1 heterocycles. The summed E-state index contributed by atoms with van der Waals surface area (Å²) in [6.07, 6.45) is 0.704. The van der Waals surface area contributed by atoms with Gasteiger partial charge < -0.3 is 10.4 Å². The minimum atomic E-state index is -0.486. The van der Waals surface area contributed by atoms with Gasteiger partial charge in [-0.15, -0.1) is 0 Å². The minimum absolute atomic E-state index is 0.0251. The fourth-order valence-corrected chi connectivity index (χ4v) is 1.23. The Labute approximate surface area is 89.4 Å². The van der Waals surface area contributed by atoms with Gasteiger partial charge in [0.15, 0.2) is 0 Å². The zero-order chi connectivity index (χ0) is 11.3. The molecule has 0 radical (unpaired) electrons. The molecule has 0 unspecified atom stereocenters. The predicted molar refractivity (Wildman–Crippen MR) is 58.2 cm³/mol. The molecule has 0 aliphatic carbocycles. The van der Waals surface area contributed by atoms with Crippen molar-refractivity contribution >= 4 is 5.82 Å². The largest absolute Gasteiger partial charge is 0.396 e. The number of pyridine rings is 1. The number of hydrogen-bond donors (Lipinski definition) is 2. The van der Waals surface area contributed by atoms with E-state index in [1.54, 1.807) is 12.1 Å². The Morgan fingerprint density at radius 3 is 2.80 bits per heavy atom. The Morgan fingerprint density at radius 2 is 2.20 bits per heavy atom. The van der Waals surface area contributed by atoms with Crippen LogP contribution in [-0.2, 0) is 0 Å². The van der Waals surface area contributed by atoms with E-state index >= 15 is 0 Å². The standard InChI is InChI=1S/C11H17FN2O/c1-11(2,6-7-15)8-13-10-5-3-4-9(12)14-10/h3-5,15H,6-8H2,1-2H3,(H,13,14). The van der Waals surface area contributed by atoms with Crippen LogP contribution in [0.15, 0.2) is 18.2 Å². The van der Waals surface area contributed by atoms with E-state index in [-0.39, 0.29) is 12.0 Å². The number of rotatable bonds is 5. The topological polar surface area (TPSA) is 45.1 Å². The van der Waals surface area contributed by atoms with E-state index in [2.05, 4.69) is 10.3 Å². The normalized spacial score (nSPS) is 11.5. The van der Waals surface area contributed by atoms with Crippen molar-refractivity contribution in [1.29, 1.82) is 0 Å². The molecule has 2 N–H and O–H groups in total. The van der Waals surface area contributed by atoms with E-state index in [0.717, 1.165) is 0 Å². The average Bonchev–Trinajstić information content (AvgIpc) is 2.15. The van der Waals surface area contributed by atoms with Gasteiger partial charge in [-0.05, 0) is 24.0 Å². The number of halogens is 1. The maximum absolute atomic E-state index is 12.7. The second-order valence-electron chi connectivity index (χ2n) is 4.34. The van der Waals surface area contributed by atoms with Crippen LogP contribution in [0.5, 0.6) is 0 Å². The zero-order valence-corrected chi connectivity index (χ0v) is 9.13. The number of aliphatic hydroxyl groups excluding tert-OH is 1. The molecule has 0 saturated heterocycles. The summed E-state index contributed by atoms with van der Waals surface area (Å²) in [5.41, 5.74) is -0.0251. The van der Waals surface area contributed by atoms with Crippen LogP contribution in [0.2, 0.25) is 0 Å². The van der Waals surface area contributed by atoms with E-state index in [1.165, 1.54) is 6.07 Å². The molecular formula is C11H17FN2O. The fourth-order valence-electron chi connectivity index (χ4n) is 1.23. The summed E-state index contributed by atoms with van der Waals surface area (Å²) < 4.78 is 12.7. The van der Waals surface area contributed by atoms with E-state index in [0.29, 0.717) is 18.8 Å². The van der Waals surface area contributed by atoms with Gasteiger partial charge in [0.2, 0.25) is 5.95 Å². The second kappa shape index (κ2) is 5.07. The lowest BCUT2D eigenvalue weighted by molar-refractivity contribution is 0.220. The summed E-state index contributed by atoms with van der Waals surface area (Å²) in [5, 5.41) is 11.9. The molecule has 0 amide bonds. The molecule has 0 spiro atoms. The maximum Gasteiger partial charge on any atom is 0.214 e. The average molecular weight is 212 g/mol. The molecule has 1 aromatic rings. The van der Waals surface area contributed by atoms with Crippen molar-refractivity contribution in [3.8, 4) is 0 Å². The molecule has 0 aliphatic heterocycles. The molecule has 15 heavy (non-hydrogen) atoms. The highest BCUT2D eigenvalue weighted by Crippen LogP contribution is 2.20. The van der Waals surface area contributed by atoms with Crippen LogP contribution in [0, 0.1) is 11.4 Å². The Bertz CT molecular complexity index is 315. The molecule has 4 heteroatoms. The van der Waals surface area contributed by atoms with Gasteiger partial charge in [-0.25, -0.2) is 4.98 Å². The first-order valence-electron chi connectivity index (χ1n) is 5.01. The van der Waals surface area contributed by atoms with Crippen molar-refractivity contribution in [2.24, 2.45) is 5.41 Å². The molecule has 0 aliphatic rings. The lowest BCUT2D eigenvalue weighted by Crippen LogP contribution is -2.24. The molecular weight excluding hydrogens is 195 g/mol. The third-order valence-corrected chi connectivity index (χ3v) is 2.25. The lowest BCUT2D eigenvalue weighted by atomic mass is 9.90. The highest BCUT2D eigenvalue weighted by Gasteiger charge is 2.16. The smallest absolute Gasteiger partial charge is 0.214 e. The first-order valence-corrected chi connectivity index (χ1v) is 5.01. The molecule has 3 nitrogen and oxygen atoms in total. The van der Waals surface area contributed by atoms with Gasteiger partial charge in [0.05, 0.1) is 0 Å². The summed E-state index contributed by atoms with van der Waals surface area (Å²) in [4.78, 5) is 3.70. The number of hydrogen-bond acceptors (Lipinski definition) is 3. The van der Waals surface area contributed by atoms with E-state index < -0.39 is 5.95 Å². The molecule has 0 fully saturated rings. The second-order valence-corrected chi connectivity index (χ2v) is 4.34. The van der Waals surface area contributed by atoms with Crippen molar-refractivity contribution in [2.45, 2.75) is 20.3 Å². The number of nitrogens with zero attached hydrogens (tertiary/aromatic N) is 1. The van der Waals surface area contributed by atoms with Crippen molar-refractivity contribution in [2.75, 3.05) is 18.5 Å². The lowest BCUT2D eigenvalue weighted by Gasteiger charge is -2.24. The summed E-state index contributed by atoms with van der Waals surface area (Å²) >= 11 is 0. The highest BCUT2D eigenvalue weighted by molar-refractivity contribution is 5.33. The van der Waals surface area contributed by atoms with Crippen LogP contribution in [-0.4, -0.2) is 23.2 Å². The maximum atomic E-state index is 12.7. The molecule has 84 valence electrons. The molecule has 0 saturated carbocycles. The Hall–Kier alpha value is -1.16. The van der Waals surface area contributed by atoms with Gasteiger partial charge in [-0.1, -0.05) is 19.9 Å². The fraction of sp³-hybridized carbons (Fsp3) is 0.545. The Kier molecular flexibility index (Phi) is 4.03. The summed E-state index contributed by atoms with van der Waals surface area (Å²) in [6.45, 7) is 4.89. The first kappa shape index (κ1) is 11.9. The van der Waals surface area contributed by atoms with Crippen LogP contribution in [0.25, 0.3) is 0 Å². The summed E-state index contributed by atoms with van der Waals surface area (Å²) in [5.74, 6) is 0.0426. The van der Waals surface area contributed by atoms with Crippen molar-refractivity contribution in [1.82, 2.24) is 4.98 Å². The molecule has 0 aromatic carbocycles. The third kappa shape index (κ3) is 4.25. The molecule has 1 aromatic heterocycles. The van der Waals surface area contributed by atoms with Crippen LogP contribution in [0.4, 0.5) is 10.2 Å². The SMILES string of the molecule is CC(C)(CCO)CNc1cccc(F)n1. The van der Waals surface area contributed by atoms with E-state index in [1.807, 2.05) is 13.8 Å². The monoisotopic (exact) mass is 212 g/mol. The van der Waals surface area contributed by atoms with Crippen molar-refractivity contribution < 1.29 is 9.50 Å². The minimum Gasteiger partial charge on any atom is -0.396 e. The predicted octanol–water partition coefficient (Wildman–Crippen LogP) is 2.04. The van der Waals surface area contributed by atoms with Crippen LogP contribution < -0.4 is 5.32 Å². The van der Waals surface area contributed by atoms with Gasteiger partial charge in [-0.3, -0.25) is 0 Å². The van der Waals surface area contributed by atoms with Gasteiger partial charge in [-0.2, -0.15) is 4.39 Å². The van der Waals surface area contributed by atoms with Crippen molar-refractivity contribution in [3.63, 3.8) is 0 Å². The number of nitrogens with one attached hydrogen (secondary N) is 1. The van der Waals surface area contributed by atoms with E-state index in [9.17, 15) is 4.39 Å². The zero-order valence-electron chi connectivity index (χ0n) is 9.13. The summed E-state index contributed by atoms with van der Waals surface area (Å²) in [6, 6.07) is 4.64. The van der Waals surface area contributed by atoms with Gasteiger partial charge in [0.1, 0.15) is 5.82 Å². The van der Waals surface area contributed by atoms with Gasteiger partial charge in [0.25, 0.3) is 0 Å². The van der Waals surface area contributed by atoms with Crippen LogP contribution in [0.3, 0.4) is 0 Å². The van der Waals surface area contributed by atoms with Gasteiger partial charge in [0, 0.05) is 13.2 Å². The van der Waals surface area contributed by atoms with Gasteiger partial charge >= 0.3 is 0 Å². The van der Waals surface area contributed by atoms with Crippen LogP contribution in [0.1, 0.15) is 20.3 Å². The third-order valence-electron chi connectivity index (χ3n) is 2.25. The number of anilines is 1. The van der Waals surface area contributed by atoms with Crippen molar-refractivity contribution in [3.05, 3.63) is 24.1 Å². The molecule has 0 bridgehead atoms. The molecule has 0 atom stereocenters. The van der Waals surface area contributed by atoms with Crippen LogP contribution >= 0.6 is 0 Å². The Balaban J connectivity index is 2.49. The number of aromatic nitrogens is 1. The Morgan fingerprint density at radius 1 is 1.47 bits per heavy atom. The first-order chi connectivity index (χ1) is 7.03. The summed E-state index contributed by atoms with van der Waals surface area (Å²) in [7, 11) is 0. The quantitative estimate of drug-likeness (QED) is 0.734. The van der Waals surface area contributed by atoms with E-state index in [4.69, 9.17) is 5.11 Å². The highest BCUT2D eigenvalue weighted by atomic mass is 19.1.